The van der Waals surface area contributed by atoms with Crippen LogP contribution in [0.2, 0.25) is 0 Å². The zero-order valence-corrected chi connectivity index (χ0v) is 15.9. The number of aryl methyl sites for hydroxylation is 1. The van der Waals surface area contributed by atoms with Gasteiger partial charge in [-0.25, -0.2) is 13.2 Å². The zero-order chi connectivity index (χ0) is 19.3. The quantitative estimate of drug-likeness (QED) is 0.750. The monoisotopic (exact) mass is 377 g/mol. The second kappa shape index (κ2) is 8.33. The summed E-state index contributed by atoms with van der Waals surface area (Å²) in [5.41, 5.74) is 2.20. The van der Waals surface area contributed by atoms with Crippen LogP contribution in [0.5, 0.6) is 0 Å². The van der Waals surface area contributed by atoms with Crippen molar-refractivity contribution in [3.05, 3.63) is 65.2 Å². The predicted octanol–water partition coefficient (Wildman–Crippen LogP) is 2.54. The first kappa shape index (κ1) is 19.9. The van der Waals surface area contributed by atoms with E-state index in [0.29, 0.717) is 18.5 Å². The van der Waals surface area contributed by atoms with Crippen molar-refractivity contribution in [3.63, 3.8) is 0 Å². The second-order valence-electron chi connectivity index (χ2n) is 6.08. The number of nitrogens with zero attached hydrogens (tertiary/aromatic N) is 1. The highest BCUT2D eigenvalue weighted by Gasteiger charge is 2.17. The highest BCUT2D eigenvalue weighted by molar-refractivity contribution is 7.92. The molecule has 2 aromatic carbocycles. The minimum absolute atomic E-state index is 0.268. The number of sulfonamides is 1. The van der Waals surface area contributed by atoms with E-state index in [2.05, 4.69) is 0 Å². The van der Waals surface area contributed by atoms with Crippen molar-refractivity contribution in [2.75, 3.05) is 24.7 Å². The highest BCUT2D eigenvalue weighted by Crippen LogP contribution is 2.24. The fourth-order valence-electron chi connectivity index (χ4n) is 2.57. The number of hydrogen-bond donors (Lipinski definition) is 1. The van der Waals surface area contributed by atoms with Gasteiger partial charge in [-0.1, -0.05) is 30.3 Å². The van der Waals surface area contributed by atoms with E-state index in [1.807, 2.05) is 30.3 Å². The van der Waals surface area contributed by atoms with E-state index in [4.69, 9.17) is 4.74 Å². The normalized spacial score (nSPS) is 12.5. The molecule has 0 aliphatic carbocycles. The Morgan fingerprint density at radius 3 is 2.42 bits per heavy atom. The van der Waals surface area contributed by atoms with Crippen LogP contribution in [0.25, 0.3) is 0 Å². The van der Waals surface area contributed by atoms with Crippen LogP contribution in [0.1, 0.15) is 34.0 Å². The summed E-state index contributed by atoms with van der Waals surface area (Å²) in [6, 6.07) is 14.1. The Morgan fingerprint density at radius 2 is 1.85 bits per heavy atom. The summed E-state index contributed by atoms with van der Waals surface area (Å²) < 4.78 is 29.5. The number of esters is 1. The summed E-state index contributed by atoms with van der Waals surface area (Å²) in [6.45, 7) is 0. The first-order valence-corrected chi connectivity index (χ1v) is 9.96. The standard InChI is InChI=1S/C19H23NO5S/c1-20(26(3,23)24)17-12-14(11-16(13-17)19(22)25-2)9-10-18(21)15-7-5-4-6-8-15/h4-8,11-13,18,21H,9-10H2,1-3H3. The van der Waals surface area contributed by atoms with Gasteiger partial charge >= 0.3 is 5.97 Å². The fourth-order valence-corrected chi connectivity index (χ4v) is 3.06. The van der Waals surface area contributed by atoms with Gasteiger partial charge in [-0.3, -0.25) is 4.31 Å². The molecule has 0 heterocycles. The minimum Gasteiger partial charge on any atom is -0.465 e. The molecule has 0 aliphatic rings. The molecule has 7 heteroatoms. The molecule has 140 valence electrons. The van der Waals surface area contributed by atoms with Gasteiger partial charge in [0.15, 0.2) is 0 Å². The minimum atomic E-state index is -3.46. The van der Waals surface area contributed by atoms with E-state index in [-0.39, 0.29) is 5.56 Å². The topological polar surface area (TPSA) is 83.9 Å². The SMILES string of the molecule is COC(=O)c1cc(CCC(O)c2ccccc2)cc(N(C)S(C)(=O)=O)c1. The van der Waals surface area contributed by atoms with Gasteiger partial charge in [-0.15, -0.1) is 0 Å². The fraction of sp³-hybridized carbons (Fsp3) is 0.316. The van der Waals surface area contributed by atoms with Gasteiger partial charge in [-0.05, 0) is 42.2 Å². The molecule has 1 N–H and O–H groups in total. The molecule has 1 atom stereocenters. The molecule has 0 bridgehead atoms. The van der Waals surface area contributed by atoms with E-state index >= 15 is 0 Å². The number of methoxy groups -OCH3 is 1. The van der Waals surface area contributed by atoms with Crippen molar-refractivity contribution >= 4 is 21.7 Å². The molecule has 2 rings (SSSR count). The molecule has 6 nitrogen and oxygen atoms in total. The lowest BCUT2D eigenvalue weighted by molar-refractivity contribution is 0.0600. The van der Waals surface area contributed by atoms with Crippen LogP contribution in [0.4, 0.5) is 5.69 Å². The number of rotatable bonds is 7. The number of ether oxygens (including phenoxy) is 1. The van der Waals surface area contributed by atoms with Crippen LogP contribution >= 0.6 is 0 Å². The lowest BCUT2D eigenvalue weighted by Crippen LogP contribution is -2.25. The maximum Gasteiger partial charge on any atom is 0.337 e. The average Bonchev–Trinajstić information content (AvgIpc) is 2.64. The summed E-state index contributed by atoms with van der Waals surface area (Å²) in [5.74, 6) is -0.543. The molecule has 0 aromatic heterocycles. The highest BCUT2D eigenvalue weighted by atomic mass is 32.2. The number of carbonyl (C=O) groups excluding carboxylic acids is 1. The number of anilines is 1. The van der Waals surface area contributed by atoms with Crippen LogP contribution < -0.4 is 4.31 Å². The van der Waals surface area contributed by atoms with Gasteiger partial charge in [-0.2, -0.15) is 0 Å². The number of carbonyl (C=O) groups is 1. The second-order valence-corrected chi connectivity index (χ2v) is 8.09. The zero-order valence-electron chi connectivity index (χ0n) is 15.0. The van der Waals surface area contributed by atoms with E-state index < -0.39 is 22.1 Å². The largest absolute Gasteiger partial charge is 0.465 e. The predicted molar refractivity (Wildman–Crippen MR) is 101 cm³/mol. The number of hydrogen-bond acceptors (Lipinski definition) is 5. The van der Waals surface area contributed by atoms with Gasteiger partial charge < -0.3 is 9.84 Å². The van der Waals surface area contributed by atoms with Crippen molar-refractivity contribution in [3.8, 4) is 0 Å². The number of benzene rings is 2. The first-order chi connectivity index (χ1) is 12.2. The molecule has 0 spiro atoms. The smallest absolute Gasteiger partial charge is 0.337 e. The van der Waals surface area contributed by atoms with Gasteiger partial charge in [0.05, 0.1) is 30.7 Å². The maximum absolute atomic E-state index is 11.9. The van der Waals surface area contributed by atoms with E-state index in [0.717, 1.165) is 21.7 Å². The van der Waals surface area contributed by atoms with Gasteiger partial charge in [0.25, 0.3) is 0 Å². The Hall–Kier alpha value is -2.38. The molecular weight excluding hydrogens is 354 g/mol. The van der Waals surface area contributed by atoms with Crippen molar-refractivity contribution in [2.45, 2.75) is 18.9 Å². The summed E-state index contributed by atoms with van der Waals surface area (Å²) in [5, 5.41) is 10.3. The van der Waals surface area contributed by atoms with Crippen LogP contribution in [-0.2, 0) is 21.2 Å². The molecule has 0 saturated carbocycles. The molecule has 0 amide bonds. The number of aliphatic hydroxyl groups is 1. The van der Waals surface area contributed by atoms with Crippen molar-refractivity contribution in [1.82, 2.24) is 0 Å². The van der Waals surface area contributed by atoms with E-state index in [1.165, 1.54) is 20.2 Å². The lowest BCUT2D eigenvalue weighted by atomic mass is 9.99. The Bertz CT molecular complexity index is 865. The Labute approximate surface area is 154 Å². The Kier molecular flexibility index (Phi) is 6.39. The molecule has 0 saturated heterocycles. The molecular formula is C19H23NO5S. The van der Waals surface area contributed by atoms with Crippen LogP contribution in [0.15, 0.2) is 48.5 Å². The van der Waals surface area contributed by atoms with Crippen molar-refractivity contribution in [2.24, 2.45) is 0 Å². The average molecular weight is 377 g/mol. The molecule has 2 aromatic rings. The molecule has 1 unspecified atom stereocenters. The summed E-state index contributed by atoms with van der Waals surface area (Å²) in [6.07, 6.45) is 1.37. The molecule has 26 heavy (non-hydrogen) atoms. The van der Waals surface area contributed by atoms with E-state index in [9.17, 15) is 18.3 Å². The molecule has 0 fully saturated rings. The third kappa shape index (κ3) is 5.06. The maximum atomic E-state index is 11.9. The summed E-state index contributed by atoms with van der Waals surface area (Å²) >= 11 is 0. The van der Waals surface area contributed by atoms with E-state index in [1.54, 1.807) is 12.1 Å². The first-order valence-electron chi connectivity index (χ1n) is 8.11. The third-order valence-electron chi connectivity index (χ3n) is 4.15. The van der Waals surface area contributed by atoms with Crippen LogP contribution in [-0.4, -0.2) is 39.9 Å². The van der Waals surface area contributed by atoms with Gasteiger partial charge in [0.1, 0.15) is 0 Å². The van der Waals surface area contributed by atoms with Crippen molar-refractivity contribution < 1.29 is 23.1 Å². The number of aliphatic hydroxyl groups excluding tert-OH is 1. The third-order valence-corrected chi connectivity index (χ3v) is 5.36. The van der Waals surface area contributed by atoms with Gasteiger partial charge in [0.2, 0.25) is 10.0 Å². The summed E-state index contributed by atoms with van der Waals surface area (Å²) in [7, 11) is -0.767. The Morgan fingerprint density at radius 1 is 1.19 bits per heavy atom. The Balaban J connectivity index is 2.27. The van der Waals surface area contributed by atoms with Gasteiger partial charge in [0, 0.05) is 7.05 Å². The molecule has 0 radical (unpaired) electrons. The van der Waals surface area contributed by atoms with Crippen LogP contribution in [0, 0.1) is 0 Å². The van der Waals surface area contributed by atoms with Crippen molar-refractivity contribution in [1.29, 1.82) is 0 Å². The lowest BCUT2D eigenvalue weighted by Gasteiger charge is -2.19. The van der Waals surface area contributed by atoms with Crippen LogP contribution in [0.3, 0.4) is 0 Å². The molecule has 0 aliphatic heterocycles. The summed E-state index contributed by atoms with van der Waals surface area (Å²) in [4.78, 5) is 11.9.